The predicted octanol–water partition coefficient (Wildman–Crippen LogP) is 2.39. The average Bonchev–Trinajstić information content (AvgIpc) is 2.38. The van der Waals surface area contributed by atoms with Crippen molar-refractivity contribution in [3.63, 3.8) is 0 Å². The first-order chi connectivity index (χ1) is 9.36. The third kappa shape index (κ3) is 3.44. The Labute approximate surface area is 119 Å². The highest BCUT2D eigenvalue weighted by atomic mass is 15.2. The van der Waals surface area contributed by atoms with Crippen molar-refractivity contribution in [2.75, 3.05) is 17.7 Å². The second kappa shape index (κ2) is 5.45. The lowest BCUT2D eigenvalue weighted by Crippen LogP contribution is -2.22. The van der Waals surface area contributed by atoms with E-state index in [4.69, 9.17) is 5.73 Å². The standard InChI is InChI=1S/C15H21N5/c1-15(2,3)14-18-12(16)9-13(19-14)20(4)10-11-5-7-17-8-6-11/h5-9H,10H2,1-4H3,(H2,16,18,19). The van der Waals surface area contributed by atoms with Crippen molar-refractivity contribution in [2.24, 2.45) is 0 Å². The largest absolute Gasteiger partial charge is 0.384 e. The van der Waals surface area contributed by atoms with Crippen LogP contribution in [-0.2, 0) is 12.0 Å². The lowest BCUT2D eigenvalue weighted by molar-refractivity contribution is 0.545. The molecular weight excluding hydrogens is 250 g/mol. The molecule has 0 saturated carbocycles. The van der Waals surface area contributed by atoms with Crippen LogP contribution in [0.1, 0.15) is 32.2 Å². The number of rotatable bonds is 3. The summed E-state index contributed by atoms with van der Waals surface area (Å²) in [6, 6.07) is 5.79. The van der Waals surface area contributed by atoms with Crippen LogP contribution in [0, 0.1) is 0 Å². The average molecular weight is 271 g/mol. The molecule has 0 unspecified atom stereocenters. The van der Waals surface area contributed by atoms with Gasteiger partial charge in [-0.1, -0.05) is 20.8 Å². The van der Waals surface area contributed by atoms with E-state index in [1.807, 2.05) is 19.2 Å². The maximum atomic E-state index is 5.90. The van der Waals surface area contributed by atoms with Crippen molar-refractivity contribution in [3.8, 4) is 0 Å². The van der Waals surface area contributed by atoms with Gasteiger partial charge in [-0.3, -0.25) is 4.98 Å². The number of anilines is 2. The van der Waals surface area contributed by atoms with E-state index < -0.39 is 0 Å². The molecule has 2 aromatic heterocycles. The minimum Gasteiger partial charge on any atom is -0.384 e. The zero-order valence-corrected chi connectivity index (χ0v) is 12.5. The summed E-state index contributed by atoms with van der Waals surface area (Å²) in [6.07, 6.45) is 3.58. The van der Waals surface area contributed by atoms with Crippen LogP contribution in [-0.4, -0.2) is 22.0 Å². The van der Waals surface area contributed by atoms with E-state index in [0.717, 1.165) is 18.2 Å². The van der Waals surface area contributed by atoms with Crippen LogP contribution in [0.25, 0.3) is 0 Å². The van der Waals surface area contributed by atoms with Crippen molar-refractivity contribution >= 4 is 11.6 Å². The molecule has 2 N–H and O–H groups in total. The molecule has 0 fully saturated rings. The maximum absolute atomic E-state index is 5.90. The van der Waals surface area contributed by atoms with Gasteiger partial charge in [-0.2, -0.15) is 0 Å². The Bertz CT molecular complexity index is 575. The minimum absolute atomic E-state index is 0.123. The first-order valence-corrected chi connectivity index (χ1v) is 6.61. The van der Waals surface area contributed by atoms with E-state index in [2.05, 4.69) is 40.6 Å². The number of pyridine rings is 1. The number of nitrogens with two attached hydrogens (primary N) is 1. The van der Waals surface area contributed by atoms with E-state index in [9.17, 15) is 0 Å². The molecule has 106 valence electrons. The maximum Gasteiger partial charge on any atom is 0.138 e. The second-order valence-corrected chi connectivity index (χ2v) is 5.94. The molecule has 0 aromatic carbocycles. The number of hydrogen-bond acceptors (Lipinski definition) is 5. The van der Waals surface area contributed by atoms with Crippen LogP contribution in [0.3, 0.4) is 0 Å². The van der Waals surface area contributed by atoms with Gasteiger partial charge in [0.25, 0.3) is 0 Å². The highest BCUT2D eigenvalue weighted by Crippen LogP contribution is 2.23. The molecule has 0 atom stereocenters. The molecule has 0 spiro atoms. The van der Waals surface area contributed by atoms with Crippen molar-refractivity contribution in [1.82, 2.24) is 15.0 Å². The Balaban J connectivity index is 2.26. The topological polar surface area (TPSA) is 67.9 Å². The molecule has 0 aliphatic heterocycles. The Kier molecular flexibility index (Phi) is 3.88. The predicted molar refractivity (Wildman–Crippen MR) is 81.5 cm³/mol. The summed E-state index contributed by atoms with van der Waals surface area (Å²) in [5.41, 5.74) is 6.95. The molecule has 0 aliphatic carbocycles. The third-order valence-electron chi connectivity index (χ3n) is 2.96. The summed E-state index contributed by atoms with van der Waals surface area (Å²) in [4.78, 5) is 15.0. The van der Waals surface area contributed by atoms with Crippen molar-refractivity contribution in [2.45, 2.75) is 32.7 Å². The molecule has 5 heteroatoms. The second-order valence-electron chi connectivity index (χ2n) is 5.94. The molecule has 20 heavy (non-hydrogen) atoms. The van der Waals surface area contributed by atoms with Crippen LogP contribution in [0.15, 0.2) is 30.6 Å². The number of nitrogen functional groups attached to an aromatic ring is 1. The van der Waals surface area contributed by atoms with Gasteiger partial charge in [0.05, 0.1) is 0 Å². The van der Waals surface area contributed by atoms with E-state index in [0.29, 0.717) is 5.82 Å². The van der Waals surface area contributed by atoms with Crippen molar-refractivity contribution < 1.29 is 0 Å². The zero-order chi connectivity index (χ0) is 14.8. The molecule has 0 bridgehead atoms. The molecule has 0 radical (unpaired) electrons. The fourth-order valence-electron chi connectivity index (χ4n) is 1.83. The highest BCUT2D eigenvalue weighted by Gasteiger charge is 2.19. The van der Waals surface area contributed by atoms with Crippen LogP contribution >= 0.6 is 0 Å². The van der Waals surface area contributed by atoms with E-state index in [1.54, 1.807) is 18.5 Å². The Morgan fingerprint density at radius 1 is 1.15 bits per heavy atom. The summed E-state index contributed by atoms with van der Waals surface area (Å²) in [7, 11) is 1.99. The lowest BCUT2D eigenvalue weighted by Gasteiger charge is -2.22. The van der Waals surface area contributed by atoms with Crippen LogP contribution < -0.4 is 10.6 Å². The van der Waals surface area contributed by atoms with Gasteiger partial charge in [-0.15, -0.1) is 0 Å². The van der Waals surface area contributed by atoms with Crippen LogP contribution in [0.5, 0.6) is 0 Å². The van der Waals surface area contributed by atoms with Gasteiger partial charge in [-0.05, 0) is 17.7 Å². The summed E-state index contributed by atoms with van der Waals surface area (Å²) >= 11 is 0. The summed E-state index contributed by atoms with van der Waals surface area (Å²) < 4.78 is 0. The zero-order valence-electron chi connectivity index (χ0n) is 12.5. The highest BCUT2D eigenvalue weighted by molar-refractivity contribution is 5.47. The lowest BCUT2D eigenvalue weighted by atomic mass is 9.96. The van der Waals surface area contributed by atoms with Gasteiger partial charge >= 0.3 is 0 Å². The summed E-state index contributed by atoms with van der Waals surface area (Å²) in [5, 5.41) is 0. The first-order valence-electron chi connectivity index (χ1n) is 6.61. The van der Waals surface area contributed by atoms with Gasteiger partial charge in [0.15, 0.2) is 0 Å². The quantitative estimate of drug-likeness (QED) is 0.928. The van der Waals surface area contributed by atoms with E-state index in [1.165, 1.54) is 5.56 Å². The molecule has 0 saturated heterocycles. The van der Waals surface area contributed by atoms with Crippen molar-refractivity contribution in [1.29, 1.82) is 0 Å². The third-order valence-corrected chi connectivity index (χ3v) is 2.96. The van der Waals surface area contributed by atoms with Gasteiger partial charge in [-0.25, -0.2) is 9.97 Å². The number of aromatic nitrogens is 3. The molecule has 2 aromatic rings. The Hall–Kier alpha value is -2.17. The van der Waals surface area contributed by atoms with Crippen LogP contribution in [0.2, 0.25) is 0 Å². The van der Waals surface area contributed by atoms with E-state index in [-0.39, 0.29) is 5.41 Å². The van der Waals surface area contributed by atoms with Gasteiger partial charge in [0.1, 0.15) is 17.5 Å². The van der Waals surface area contributed by atoms with Crippen molar-refractivity contribution in [3.05, 3.63) is 42.0 Å². The molecular formula is C15H21N5. The smallest absolute Gasteiger partial charge is 0.138 e. The van der Waals surface area contributed by atoms with Gasteiger partial charge in [0, 0.05) is 37.5 Å². The SMILES string of the molecule is CN(Cc1ccncc1)c1cc(N)nc(C(C)(C)C)n1. The molecule has 2 rings (SSSR count). The minimum atomic E-state index is -0.123. The fraction of sp³-hybridized carbons (Fsp3) is 0.400. The number of hydrogen-bond donors (Lipinski definition) is 1. The molecule has 0 amide bonds. The molecule has 5 nitrogen and oxygen atoms in total. The Morgan fingerprint density at radius 3 is 2.40 bits per heavy atom. The number of nitrogens with zero attached hydrogens (tertiary/aromatic N) is 4. The fourth-order valence-corrected chi connectivity index (χ4v) is 1.83. The Morgan fingerprint density at radius 2 is 1.80 bits per heavy atom. The molecule has 2 heterocycles. The van der Waals surface area contributed by atoms with Gasteiger partial charge < -0.3 is 10.6 Å². The monoisotopic (exact) mass is 271 g/mol. The van der Waals surface area contributed by atoms with Crippen LogP contribution in [0.4, 0.5) is 11.6 Å². The summed E-state index contributed by atoms with van der Waals surface area (Å²) in [5.74, 6) is 2.09. The molecule has 0 aliphatic rings. The van der Waals surface area contributed by atoms with E-state index >= 15 is 0 Å². The first kappa shape index (κ1) is 14.2. The summed E-state index contributed by atoms with van der Waals surface area (Å²) in [6.45, 7) is 6.99. The van der Waals surface area contributed by atoms with Gasteiger partial charge in [0.2, 0.25) is 0 Å². The normalized spacial score (nSPS) is 11.4.